The first-order chi connectivity index (χ1) is 16.2. The van der Waals surface area contributed by atoms with E-state index >= 15 is 0 Å². The average Bonchev–Trinajstić information content (AvgIpc) is 3.05. The number of aliphatic hydroxyl groups is 3. The van der Waals surface area contributed by atoms with E-state index in [0.717, 1.165) is 12.0 Å². The number of hydrogen-bond acceptors (Lipinski definition) is 6. The number of esters is 1. The highest BCUT2D eigenvalue weighted by molar-refractivity contribution is 5.94. The van der Waals surface area contributed by atoms with Crippen molar-refractivity contribution in [2.75, 3.05) is 0 Å². The summed E-state index contributed by atoms with van der Waals surface area (Å²) in [7, 11) is 0. The Hall–Kier alpha value is -2.28. The van der Waals surface area contributed by atoms with Gasteiger partial charge in [0.1, 0.15) is 0 Å². The molecule has 1 fully saturated rings. The number of allylic oxidation sites excluding steroid dienone is 2. The van der Waals surface area contributed by atoms with E-state index in [9.17, 15) is 24.9 Å². The van der Waals surface area contributed by atoms with Crippen LogP contribution in [0, 0.1) is 11.8 Å². The lowest BCUT2D eigenvalue weighted by molar-refractivity contribution is -0.147. The Labute approximate surface area is 203 Å². The van der Waals surface area contributed by atoms with Gasteiger partial charge in [0.15, 0.2) is 5.78 Å². The van der Waals surface area contributed by atoms with E-state index in [0.29, 0.717) is 44.1 Å². The molecule has 0 heterocycles. The SMILES string of the molecule is CC(=O)c1ccc(CC[C@@H](O)/C=C/[C@@H]2[C@@H](C/C=C\CCCC(=O)OC(C)C)[C@@H](O)C[C@H]2O)cc1. The predicted octanol–water partition coefficient (Wildman–Crippen LogP) is 4.17. The van der Waals surface area contributed by atoms with Gasteiger partial charge in [0.05, 0.1) is 24.4 Å². The topological polar surface area (TPSA) is 104 Å². The highest BCUT2D eigenvalue weighted by atomic mass is 16.5. The molecule has 0 unspecified atom stereocenters. The molecule has 0 radical (unpaired) electrons. The van der Waals surface area contributed by atoms with Gasteiger partial charge in [-0.1, -0.05) is 48.6 Å². The van der Waals surface area contributed by atoms with Crippen LogP contribution in [0.5, 0.6) is 0 Å². The molecule has 0 amide bonds. The zero-order chi connectivity index (χ0) is 25.1. The third kappa shape index (κ3) is 9.53. The largest absolute Gasteiger partial charge is 0.463 e. The molecule has 1 aromatic carbocycles. The second-order valence-corrected chi connectivity index (χ2v) is 9.49. The van der Waals surface area contributed by atoms with Crippen LogP contribution in [-0.4, -0.2) is 51.5 Å². The fraction of sp³-hybridized carbons (Fsp3) is 0.571. The maximum Gasteiger partial charge on any atom is 0.306 e. The summed E-state index contributed by atoms with van der Waals surface area (Å²) in [5, 5.41) is 31.2. The second kappa shape index (κ2) is 14.2. The van der Waals surface area contributed by atoms with E-state index in [2.05, 4.69) is 0 Å². The molecule has 0 aliphatic heterocycles. The summed E-state index contributed by atoms with van der Waals surface area (Å²) in [5.41, 5.74) is 1.72. The van der Waals surface area contributed by atoms with Crippen LogP contribution in [0.1, 0.15) is 75.2 Å². The van der Waals surface area contributed by atoms with Crippen LogP contribution in [0.4, 0.5) is 0 Å². The average molecular weight is 473 g/mol. The van der Waals surface area contributed by atoms with Gasteiger partial charge in [0.2, 0.25) is 0 Å². The first-order valence-corrected chi connectivity index (χ1v) is 12.3. The fourth-order valence-corrected chi connectivity index (χ4v) is 4.34. The summed E-state index contributed by atoms with van der Waals surface area (Å²) >= 11 is 0. The van der Waals surface area contributed by atoms with E-state index in [1.807, 2.05) is 44.2 Å². The van der Waals surface area contributed by atoms with Crippen LogP contribution in [0.2, 0.25) is 0 Å². The number of ether oxygens (including phenoxy) is 1. The Balaban J connectivity index is 1.79. The van der Waals surface area contributed by atoms with Crippen LogP contribution < -0.4 is 0 Å². The van der Waals surface area contributed by atoms with E-state index in [-0.39, 0.29) is 29.7 Å². The third-order valence-corrected chi connectivity index (χ3v) is 6.25. The number of benzene rings is 1. The summed E-state index contributed by atoms with van der Waals surface area (Å²) < 4.78 is 5.12. The van der Waals surface area contributed by atoms with E-state index in [4.69, 9.17) is 4.74 Å². The fourth-order valence-electron chi connectivity index (χ4n) is 4.34. The molecular formula is C28H40O6. The molecule has 34 heavy (non-hydrogen) atoms. The number of aryl methyl sites for hydroxylation is 1. The van der Waals surface area contributed by atoms with Crippen LogP contribution >= 0.6 is 0 Å². The van der Waals surface area contributed by atoms with Gasteiger partial charge in [0, 0.05) is 24.3 Å². The molecule has 188 valence electrons. The Morgan fingerprint density at radius 3 is 2.47 bits per heavy atom. The number of aliphatic hydroxyl groups excluding tert-OH is 3. The summed E-state index contributed by atoms with van der Waals surface area (Å²) in [6.07, 6.45) is 9.60. The predicted molar refractivity (Wildman–Crippen MR) is 132 cm³/mol. The minimum absolute atomic E-state index is 0.0302. The number of Topliss-reactive ketones (excluding diaryl/α,β-unsaturated/α-hetero) is 1. The lowest BCUT2D eigenvalue weighted by Gasteiger charge is -2.19. The van der Waals surface area contributed by atoms with Crippen molar-refractivity contribution in [2.45, 2.75) is 90.1 Å². The number of carbonyl (C=O) groups excluding carboxylic acids is 2. The summed E-state index contributed by atoms with van der Waals surface area (Å²) in [6, 6.07) is 7.40. The Morgan fingerprint density at radius 2 is 1.82 bits per heavy atom. The minimum Gasteiger partial charge on any atom is -0.463 e. The zero-order valence-electron chi connectivity index (χ0n) is 20.6. The van der Waals surface area contributed by atoms with E-state index < -0.39 is 18.3 Å². The number of ketones is 1. The Bertz CT molecular complexity index is 826. The molecule has 1 aromatic rings. The van der Waals surface area contributed by atoms with Gasteiger partial charge in [-0.25, -0.2) is 0 Å². The van der Waals surface area contributed by atoms with Crippen molar-refractivity contribution in [1.82, 2.24) is 0 Å². The molecule has 1 aliphatic rings. The Kier molecular flexibility index (Phi) is 11.7. The molecule has 3 N–H and O–H groups in total. The third-order valence-electron chi connectivity index (χ3n) is 6.25. The molecule has 2 rings (SSSR count). The van der Waals surface area contributed by atoms with Crippen molar-refractivity contribution in [2.24, 2.45) is 11.8 Å². The minimum atomic E-state index is -0.654. The molecule has 0 aromatic heterocycles. The molecule has 6 nitrogen and oxygen atoms in total. The molecule has 1 saturated carbocycles. The number of unbranched alkanes of at least 4 members (excludes halogenated alkanes) is 1. The Morgan fingerprint density at radius 1 is 1.12 bits per heavy atom. The molecule has 5 atom stereocenters. The van der Waals surface area contributed by atoms with Crippen LogP contribution in [0.15, 0.2) is 48.6 Å². The molecule has 0 spiro atoms. The van der Waals surface area contributed by atoms with Crippen molar-refractivity contribution in [3.63, 3.8) is 0 Å². The summed E-state index contributed by atoms with van der Waals surface area (Å²) in [4.78, 5) is 22.9. The number of rotatable bonds is 13. The van der Waals surface area contributed by atoms with Gasteiger partial charge in [-0.05, 0) is 64.4 Å². The van der Waals surface area contributed by atoms with Crippen LogP contribution in [-0.2, 0) is 16.0 Å². The van der Waals surface area contributed by atoms with Crippen molar-refractivity contribution >= 4 is 11.8 Å². The van der Waals surface area contributed by atoms with Gasteiger partial charge < -0.3 is 20.1 Å². The molecular weight excluding hydrogens is 432 g/mol. The summed E-state index contributed by atoms with van der Waals surface area (Å²) in [6.45, 7) is 5.20. The zero-order valence-corrected chi connectivity index (χ0v) is 20.6. The lowest BCUT2D eigenvalue weighted by Crippen LogP contribution is -2.20. The smallest absolute Gasteiger partial charge is 0.306 e. The van der Waals surface area contributed by atoms with Gasteiger partial charge in [-0.15, -0.1) is 0 Å². The maximum atomic E-state index is 11.6. The van der Waals surface area contributed by atoms with Crippen molar-refractivity contribution in [3.05, 3.63) is 59.7 Å². The molecule has 1 aliphatic carbocycles. The standard InChI is InChI=1S/C28H40O6/c1-19(2)34-28(33)9-7-5-4-6-8-24-25(27(32)18-26(24)31)17-16-23(30)15-12-21-10-13-22(14-11-21)20(3)29/h4,6,10-11,13-14,16-17,19,23-27,30-32H,5,7-9,12,15,18H2,1-3H3/b6-4-,17-16+/t23-,24-,25-,26+,27-/m1/s1. The first kappa shape index (κ1) is 28.0. The van der Waals surface area contributed by atoms with Crippen molar-refractivity contribution in [3.8, 4) is 0 Å². The monoisotopic (exact) mass is 472 g/mol. The van der Waals surface area contributed by atoms with Gasteiger partial charge in [-0.2, -0.15) is 0 Å². The highest BCUT2D eigenvalue weighted by Gasteiger charge is 2.39. The van der Waals surface area contributed by atoms with E-state index in [1.54, 1.807) is 18.2 Å². The van der Waals surface area contributed by atoms with Gasteiger partial charge >= 0.3 is 5.97 Å². The number of hydrogen-bond donors (Lipinski definition) is 3. The normalized spacial score (nSPS) is 23.7. The lowest BCUT2D eigenvalue weighted by atomic mass is 9.89. The van der Waals surface area contributed by atoms with Crippen molar-refractivity contribution < 1.29 is 29.6 Å². The quantitative estimate of drug-likeness (QED) is 0.172. The molecule has 0 bridgehead atoms. The number of carbonyl (C=O) groups is 2. The van der Waals surface area contributed by atoms with Gasteiger partial charge in [-0.3, -0.25) is 9.59 Å². The van der Waals surface area contributed by atoms with Crippen LogP contribution in [0.3, 0.4) is 0 Å². The van der Waals surface area contributed by atoms with Gasteiger partial charge in [0.25, 0.3) is 0 Å². The van der Waals surface area contributed by atoms with Crippen LogP contribution in [0.25, 0.3) is 0 Å². The second-order valence-electron chi connectivity index (χ2n) is 9.49. The maximum absolute atomic E-state index is 11.6. The summed E-state index contributed by atoms with van der Waals surface area (Å²) in [5.74, 6) is -0.484. The molecule has 6 heteroatoms. The highest BCUT2D eigenvalue weighted by Crippen LogP contribution is 2.36. The van der Waals surface area contributed by atoms with Crippen molar-refractivity contribution in [1.29, 1.82) is 0 Å². The first-order valence-electron chi connectivity index (χ1n) is 12.3. The van der Waals surface area contributed by atoms with E-state index in [1.165, 1.54) is 6.92 Å². The molecule has 0 saturated heterocycles.